The number of pyridine rings is 1. The van der Waals surface area contributed by atoms with Gasteiger partial charge in [-0.1, -0.05) is 6.07 Å². The maximum Gasteiger partial charge on any atom is 0.257 e. The van der Waals surface area contributed by atoms with Crippen molar-refractivity contribution in [3.05, 3.63) is 77.6 Å². The van der Waals surface area contributed by atoms with E-state index in [4.69, 9.17) is 4.74 Å². The van der Waals surface area contributed by atoms with Gasteiger partial charge in [0, 0.05) is 49.9 Å². The van der Waals surface area contributed by atoms with Gasteiger partial charge in [-0.3, -0.25) is 9.59 Å². The lowest BCUT2D eigenvalue weighted by molar-refractivity contribution is -0.142. The lowest BCUT2D eigenvalue weighted by atomic mass is 9.89. The van der Waals surface area contributed by atoms with E-state index in [2.05, 4.69) is 0 Å². The zero-order valence-corrected chi connectivity index (χ0v) is 17.9. The van der Waals surface area contributed by atoms with Crippen LogP contribution in [-0.2, 0) is 9.53 Å². The number of aromatic nitrogens is 1. The maximum absolute atomic E-state index is 13.8. The van der Waals surface area contributed by atoms with Crippen LogP contribution in [0.15, 0.2) is 54.9 Å². The van der Waals surface area contributed by atoms with Crippen molar-refractivity contribution in [3.8, 4) is 0 Å². The Morgan fingerprint density at radius 1 is 1.03 bits per heavy atom. The van der Waals surface area contributed by atoms with E-state index in [-0.39, 0.29) is 11.8 Å². The fourth-order valence-corrected chi connectivity index (χ4v) is 5.57. The molecule has 3 aliphatic rings. The van der Waals surface area contributed by atoms with E-state index in [9.17, 15) is 18.4 Å². The molecule has 1 aromatic carbocycles. The first-order valence-electron chi connectivity index (χ1n) is 11.3. The number of hydrogen-bond donors (Lipinski definition) is 0. The van der Waals surface area contributed by atoms with E-state index in [0.717, 1.165) is 11.6 Å². The molecular formula is C25H23F2N3O3. The van der Waals surface area contributed by atoms with Crippen molar-refractivity contribution < 1.29 is 23.1 Å². The van der Waals surface area contributed by atoms with Crippen LogP contribution >= 0.6 is 0 Å². The molecule has 5 heterocycles. The van der Waals surface area contributed by atoms with Gasteiger partial charge >= 0.3 is 0 Å². The molecule has 3 fully saturated rings. The summed E-state index contributed by atoms with van der Waals surface area (Å²) in [4.78, 5) is 30.0. The van der Waals surface area contributed by atoms with Gasteiger partial charge in [0.25, 0.3) is 11.8 Å². The summed E-state index contributed by atoms with van der Waals surface area (Å²) in [6.45, 7) is 0.827. The van der Waals surface area contributed by atoms with Crippen LogP contribution in [0.1, 0.15) is 47.6 Å². The fourth-order valence-electron chi connectivity index (χ4n) is 5.57. The quantitative estimate of drug-likeness (QED) is 0.594. The van der Waals surface area contributed by atoms with Gasteiger partial charge in [0.1, 0.15) is 17.9 Å². The van der Waals surface area contributed by atoms with Crippen LogP contribution in [0.2, 0.25) is 0 Å². The highest BCUT2D eigenvalue weighted by Crippen LogP contribution is 2.47. The van der Waals surface area contributed by atoms with Gasteiger partial charge in [-0.2, -0.15) is 0 Å². The average molecular weight is 451 g/mol. The first-order chi connectivity index (χ1) is 15.9. The first kappa shape index (κ1) is 20.4. The van der Waals surface area contributed by atoms with Crippen molar-refractivity contribution in [1.82, 2.24) is 14.2 Å². The number of likely N-dealkylation sites (tertiary alicyclic amines) is 1. The number of fused-ring (bicyclic) bond motifs is 2. The SMILES string of the molecule is O=C(c1cc2ccccn2c1)N1CCC2(CC1)O[C@@H]1CC[C@@H](c3cc(F)cc(F)c3)N1C2=O. The minimum absolute atomic E-state index is 0.0624. The average Bonchev–Trinajstić information content (AvgIpc) is 3.48. The molecule has 33 heavy (non-hydrogen) atoms. The Morgan fingerprint density at radius 2 is 1.79 bits per heavy atom. The molecule has 2 aromatic heterocycles. The number of carbonyl (C=O) groups excluding carboxylic acids is 2. The minimum Gasteiger partial charge on any atom is -0.342 e. The van der Waals surface area contributed by atoms with Crippen LogP contribution in [0.5, 0.6) is 0 Å². The van der Waals surface area contributed by atoms with E-state index in [1.54, 1.807) is 9.80 Å². The van der Waals surface area contributed by atoms with Gasteiger partial charge < -0.3 is 18.9 Å². The molecule has 3 saturated heterocycles. The Kier molecular flexibility index (Phi) is 4.55. The Morgan fingerprint density at radius 3 is 2.52 bits per heavy atom. The zero-order valence-electron chi connectivity index (χ0n) is 17.9. The summed E-state index contributed by atoms with van der Waals surface area (Å²) in [5.41, 5.74) is 1.04. The Balaban J connectivity index is 1.18. The molecule has 3 aromatic rings. The number of rotatable bonds is 2. The molecule has 0 radical (unpaired) electrons. The number of carbonyl (C=O) groups is 2. The monoisotopic (exact) mass is 451 g/mol. The molecule has 3 aliphatic heterocycles. The van der Waals surface area contributed by atoms with E-state index >= 15 is 0 Å². The lowest BCUT2D eigenvalue weighted by Gasteiger charge is -2.37. The van der Waals surface area contributed by atoms with Crippen LogP contribution in [0.25, 0.3) is 5.52 Å². The highest BCUT2D eigenvalue weighted by Gasteiger charge is 2.58. The van der Waals surface area contributed by atoms with Crippen LogP contribution in [0, 0.1) is 11.6 Å². The normalized spacial score (nSPS) is 24.1. The number of ether oxygens (including phenoxy) is 1. The van der Waals surface area contributed by atoms with Gasteiger partial charge in [-0.15, -0.1) is 0 Å². The second kappa shape index (κ2) is 7.38. The number of amides is 2. The smallest absolute Gasteiger partial charge is 0.257 e. The summed E-state index contributed by atoms with van der Waals surface area (Å²) >= 11 is 0. The largest absolute Gasteiger partial charge is 0.342 e. The molecule has 8 heteroatoms. The Bertz CT molecular complexity index is 1210. The van der Waals surface area contributed by atoms with Crippen LogP contribution in [0.3, 0.4) is 0 Å². The topological polar surface area (TPSA) is 54.3 Å². The third-order valence-corrected chi connectivity index (χ3v) is 7.20. The predicted octanol–water partition coefficient (Wildman–Crippen LogP) is 3.91. The molecule has 0 saturated carbocycles. The second-order valence-corrected chi connectivity index (χ2v) is 9.13. The molecule has 0 N–H and O–H groups in total. The minimum atomic E-state index is -0.975. The zero-order chi connectivity index (χ0) is 22.7. The molecule has 1 spiro atoms. The molecule has 170 valence electrons. The molecule has 0 bridgehead atoms. The third kappa shape index (κ3) is 3.23. The van der Waals surface area contributed by atoms with E-state index in [1.165, 1.54) is 12.1 Å². The Labute approximate surface area is 189 Å². The van der Waals surface area contributed by atoms with Crippen LogP contribution in [-0.4, -0.2) is 50.9 Å². The molecule has 0 unspecified atom stereocenters. The highest BCUT2D eigenvalue weighted by molar-refractivity contribution is 5.96. The van der Waals surface area contributed by atoms with Crippen molar-refractivity contribution >= 4 is 17.3 Å². The van der Waals surface area contributed by atoms with E-state index in [0.29, 0.717) is 49.9 Å². The first-order valence-corrected chi connectivity index (χ1v) is 11.3. The molecular weight excluding hydrogens is 428 g/mol. The number of benzene rings is 1. The number of halogens is 2. The number of nitrogens with zero attached hydrogens (tertiary/aromatic N) is 3. The van der Waals surface area contributed by atoms with Crippen molar-refractivity contribution in [2.45, 2.75) is 43.6 Å². The molecule has 2 atom stereocenters. The summed E-state index contributed by atoms with van der Waals surface area (Å²) in [5, 5.41) is 0. The Hall–Kier alpha value is -3.26. The summed E-state index contributed by atoms with van der Waals surface area (Å²) < 4.78 is 35.7. The predicted molar refractivity (Wildman–Crippen MR) is 115 cm³/mol. The van der Waals surface area contributed by atoms with Gasteiger partial charge in [0.15, 0.2) is 5.60 Å². The second-order valence-electron chi connectivity index (χ2n) is 9.13. The van der Waals surface area contributed by atoms with Crippen molar-refractivity contribution in [3.63, 3.8) is 0 Å². The molecule has 6 rings (SSSR count). The van der Waals surface area contributed by atoms with Crippen LogP contribution < -0.4 is 0 Å². The molecule has 0 aliphatic carbocycles. The summed E-state index contributed by atoms with van der Waals surface area (Å²) in [6.07, 6.45) is 5.35. The number of piperidine rings is 1. The molecule has 2 amide bonds. The summed E-state index contributed by atoms with van der Waals surface area (Å²) in [5.74, 6) is -1.50. The number of hydrogen-bond acceptors (Lipinski definition) is 3. The van der Waals surface area contributed by atoms with Gasteiger partial charge in [-0.05, 0) is 48.7 Å². The van der Waals surface area contributed by atoms with Crippen molar-refractivity contribution in [1.29, 1.82) is 0 Å². The summed E-state index contributed by atoms with van der Waals surface area (Å²) in [6, 6.07) is 10.7. The standard InChI is InChI=1S/C25H23F2N3O3/c26-18-11-16(12-19(27)14-18)21-4-5-22-30(21)24(32)25(33-22)6-9-28(10-7-25)23(31)17-13-20-3-1-2-8-29(20)15-17/h1-3,8,11-15,21-22H,4-7,9-10H2/t21-,22+/m0/s1. The lowest BCUT2D eigenvalue weighted by Crippen LogP contribution is -2.51. The van der Waals surface area contributed by atoms with E-state index < -0.39 is 29.5 Å². The van der Waals surface area contributed by atoms with Gasteiger partial charge in [-0.25, -0.2) is 8.78 Å². The maximum atomic E-state index is 13.8. The van der Waals surface area contributed by atoms with Crippen molar-refractivity contribution in [2.75, 3.05) is 13.1 Å². The van der Waals surface area contributed by atoms with Gasteiger partial charge in [0.05, 0.1) is 11.6 Å². The fraction of sp³-hybridized carbons (Fsp3) is 0.360. The van der Waals surface area contributed by atoms with Crippen LogP contribution in [0.4, 0.5) is 8.78 Å². The third-order valence-electron chi connectivity index (χ3n) is 7.20. The van der Waals surface area contributed by atoms with E-state index in [1.807, 2.05) is 41.1 Å². The van der Waals surface area contributed by atoms with Gasteiger partial charge in [0.2, 0.25) is 0 Å². The highest BCUT2D eigenvalue weighted by atomic mass is 19.1. The summed E-state index contributed by atoms with van der Waals surface area (Å²) in [7, 11) is 0. The molecule has 6 nitrogen and oxygen atoms in total. The van der Waals surface area contributed by atoms with Crippen molar-refractivity contribution in [2.24, 2.45) is 0 Å².